The molecule has 2 aromatic rings. The smallest absolute Gasteiger partial charge is 0.257 e. The first-order valence-corrected chi connectivity index (χ1v) is 5.37. The van der Waals surface area contributed by atoms with Crippen LogP contribution in [-0.4, -0.2) is 20.7 Å². The molecule has 2 aromatic heterocycles. The third-order valence-electron chi connectivity index (χ3n) is 1.94. The van der Waals surface area contributed by atoms with Crippen molar-refractivity contribution in [1.29, 1.82) is 0 Å². The first kappa shape index (κ1) is 10.8. The lowest BCUT2D eigenvalue weighted by molar-refractivity contribution is 0.102. The molecule has 0 fully saturated rings. The Balaban J connectivity index is 2.14. The van der Waals surface area contributed by atoms with Crippen LogP contribution in [0.1, 0.15) is 10.4 Å². The Hall–Kier alpha value is -1.69. The minimum absolute atomic E-state index is 0.207. The highest BCUT2D eigenvalue weighted by Crippen LogP contribution is 2.10. The van der Waals surface area contributed by atoms with Crippen LogP contribution < -0.4 is 5.32 Å². The summed E-state index contributed by atoms with van der Waals surface area (Å²) in [5, 5.41) is 6.74. The van der Waals surface area contributed by atoms with Crippen molar-refractivity contribution in [1.82, 2.24) is 14.8 Å². The van der Waals surface area contributed by atoms with Gasteiger partial charge in [0, 0.05) is 31.1 Å². The fourth-order valence-corrected chi connectivity index (χ4v) is 1.58. The van der Waals surface area contributed by atoms with Crippen LogP contribution in [0.5, 0.6) is 0 Å². The van der Waals surface area contributed by atoms with E-state index in [4.69, 9.17) is 0 Å². The zero-order chi connectivity index (χ0) is 11.5. The molecule has 0 aliphatic carbocycles. The molecule has 16 heavy (non-hydrogen) atoms. The summed E-state index contributed by atoms with van der Waals surface area (Å²) in [6.45, 7) is 0. The van der Waals surface area contributed by atoms with E-state index >= 15 is 0 Å². The molecule has 0 spiro atoms. The SMILES string of the molecule is Cn1ccc(NC(=O)c2ccnc(Br)c2)n1. The third-order valence-corrected chi connectivity index (χ3v) is 2.38. The first-order valence-electron chi connectivity index (χ1n) is 4.58. The Morgan fingerprint density at radius 1 is 1.50 bits per heavy atom. The van der Waals surface area contributed by atoms with Gasteiger partial charge >= 0.3 is 0 Å². The zero-order valence-corrected chi connectivity index (χ0v) is 10.1. The molecule has 0 atom stereocenters. The van der Waals surface area contributed by atoms with Crippen LogP contribution in [0.15, 0.2) is 35.2 Å². The van der Waals surface area contributed by atoms with Gasteiger partial charge in [0.25, 0.3) is 5.91 Å². The van der Waals surface area contributed by atoms with Gasteiger partial charge in [-0.2, -0.15) is 5.10 Å². The van der Waals surface area contributed by atoms with Crippen LogP contribution in [-0.2, 0) is 7.05 Å². The number of nitrogens with one attached hydrogen (secondary N) is 1. The Morgan fingerprint density at radius 2 is 2.31 bits per heavy atom. The van der Waals surface area contributed by atoms with Gasteiger partial charge in [0.1, 0.15) is 4.60 Å². The van der Waals surface area contributed by atoms with Crippen molar-refractivity contribution in [2.24, 2.45) is 7.05 Å². The Morgan fingerprint density at radius 3 is 2.94 bits per heavy atom. The highest BCUT2D eigenvalue weighted by Gasteiger charge is 2.07. The molecule has 0 aliphatic heterocycles. The van der Waals surface area contributed by atoms with Crippen molar-refractivity contribution in [3.63, 3.8) is 0 Å². The van der Waals surface area contributed by atoms with E-state index in [-0.39, 0.29) is 5.91 Å². The Kier molecular flexibility index (Phi) is 3.00. The molecule has 0 saturated heterocycles. The van der Waals surface area contributed by atoms with E-state index in [9.17, 15) is 4.79 Å². The number of pyridine rings is 1. The lowest BCUT2D eigenvalue weighted by Crippen LogP contribution is -2.12. The molecule has 0 aliphatic rings. The summed E-state index contributed by atoms with van der Waals surface area (Å²) in [5.41, 5.74) is 0.535. The summed E-state index contributed by atoms with van der Waals surface area (Å²) in [6.07, 6.45) is 3.33. The standard InChI is InChI=1S/C10H9BrN4O/c1-15-5-3-9(14-15)13-10(16)7-2-4-12-8(11)6-7/h2-6H,1H3,(H,13,14,16). The van der Waals surface area contributed by atoms with Crippen molar-refractivity contribution in [3.05, 3.63) is 40.8 Å². The number of carbonyl (C=O) groups excluding carboxylic acids is 1. The van der Waals surface area contributed by atoms with Gasteiger partial charge in [0.05, 0.1) is 0 Å². The highest BCUT2D eigenvalue weighted by atomic mass is 79.9. The topological polar surface area (TPSA) is 59.8 Å². The summed E-state index contributed by atoms with van der Waals surface area (Å²) < 4.78 is 2.25. The molecule has 82 valence electrons. The van der Waals surface area contributed by atoms with E-state index in [1.165, 1.54) is 0 Å². The van der Waals surface area contributed by atoms with E-state index < -0.39 is 0 Å². The molecule has 6 heteroatoms. The van der Waals surface area contributed by atoms with E-state index in [0.29, 0.717) is 16.0 Å². The van der Waals surface area contributed by atoms with E-state index in [0.717, 1.165) is 0 Å². The average Bonchev–Trinajstić information content (AvgIpc) is 2.64. The van der Waals surface area contributed by atoms with Crippen molar-refractivity contribution in [2.75, 3.05) is 5.32 Å². The van der Waals surface area contributed by atoms with Crippen molar-refractivity contribution >= 4 is 27.7 Å². The predicted octanol–water partition coefficient (Wildman–Crippen LogP) is 1.83. The van der Waals surface area contributed by atoms with Gasteiger partial charge in [-0.15, -0.1) is 0 Å². The van der Waals surface area contributed by atoms with Crippen LogP contribution in [0, 0.1) is 0 Å². The van der Waals surface area contributed by atoms with Gasteiger partial charge < -0.3 is 5.32 Å². The number of carbonyl (C=O) groups is 1. The van der Waals surface area contributed by atoms with Crippen molar-refractivity contribution in [2.45, 2.75) is 0 Å². The molecule has 0 bridgehead atoms. The minimum Gasteiger partial charge on any atom is -0.305 e. The number of rotatable bonds is 2. The van der Waals surface area contributed by atoms with Crippen LogP contribution in [0.2, 0.25) is 0 Å². The zero-order valence-electron chi connectivity index (χ0n) is 8.51. The molecule has 1 N–H and O–H groups in total. The molecule has 5 nitrogen and oxygen atoms in total. The maximum Gasteiger partial charge on any atom is 0.257 e. The largest absolute Gasteiger partial charge is 0.305 e. The van der Waals surface area contributed by atoms with Gasteiger partial charge in [-0.05, 0) is 28.1 Å². The number of aromatic nitrogens is 3. The number of hydrogen-bond acceptors (Lipinski definition) is 3. The normalized spacial score (nSPS) is 10.1. The monoisotopic (exact) mass is 280 g/mol. The fraction of sp³-hybridized carbons (Fsp3) is 0.100. The molecule has 0 radical (unpaired) electrons. The van der Waals surface area contributed by atoms with Gasteiger partial charge in [0.15, 0.2) is 5.82 Å². The number of aryl methyl sites for hydroxylation is 1. The molecule has 0 unspecified atom stereocenters. The van der Waals surface area contributed by atoms with Gasteiger partial charge in [-0.1, -0.05) is 0 Å². The van der Waals surface area contributed by atoms with E-state index in [2.05, 4.69) is 31.3 Å². The first-order chi connectivity index (χ1) is 7.65. The summed E-state index contributed by atoms with van der Waals surface area (Å²) >= 11 is 3.21. The highest BCUT2D eigenvalue weighted by molar-refractivity contribution is 9.10. The van der Waals surface area contributed by atoms with Crippen LogP contribution >= 0.6 is 15.9 Å². The predicted molar refractivity (Wildman–Crippen MR) is 63.1 cm³/mol. The molecule has 0 aromatic carbocycles. The molecular formula is C10H9BrN4O. The molecule has 0 saturated carbocycles. The average molecular weight is 281 g/mol. The lowest BCUT2D eigenvalue weighted by atomic mass is 10.2. The Bertz CT molecular complexity index is 523. The summed E-state index contributed by atoms with van der Waals surface area (Å²) in [6, 6.07) is 5.02. The molecule has 2 rings (SSSR count). The van der Waals surface area contributed by atoms with E-state index in [1.807, 2.05) is 0 Å². The molecule has 1 amide bonds. The van der Waals surface area contributed by atoms with E-state index in [1.54, 1.807) is 42.3 Å². The van der Waals surface area contributed by atoms with Crippen molar-refractivity contribution < 1.29 is 4.79 Å². The summed E-state index contributed by atoms with van der Waals surface area (Å²) in [7, 11) is 1.79. The Labute approximate surface area is 101 Å². The van der Waals surface area contributed by atoms with Crippen LogP contribution in [0.3, 0.4) is 0 Å². The van der Waals surface area contributed by atoms with Gasteiger partial charge in [-0.25, -0.2) is 4.98 Å². The van der Waals surface area contributed by atoms with Crippen LogP contribution in [0.4, 0.5) is 5.82 Å². The second-order valence-corrected chi connectivity index (χ2v) is 4.01. The number of hydrogen-bond donors (Lipinski definition) is 1. The summed E-state index contributed by atoms with van der Waals surface area (Å²) in [5.74, 6) is 0.322. The van der Waals surface area contributed by atoms with Gasteiger partial charge in [0.2, 0.25) is 0 Å². The van der Waals surface area contributed by atoms with Gasteiger partial charge in [-0.3, -0.25) is 9.48 Å². The van der Waals surface area contributed by atoms with Crippen molar-refractivity contribution in [3.8, 4) is 0 Å². The number of amides is 1. The molecule has 2 heterocycles. The molecular weight excluding hydrogens is 272 g/mol. The maximum atomic E-state index is 11.8. The number of halogens is 1. The van der Waals surface area contributed by atoms with Crippen LogP contribution in [0.25, 0.3) is 0 Å². The fourth-order valence-electron chi connectivity index (χ4n) is 1.21. The quantitative estimate of drug-likeness (QED) is 0.854. The summed E-state index contributed by atoms with van der Waals surface area (Å²) in [4.78, 5) is 15.7. The number of nitrogens with zero attached hydrogens (tertiary/aromatic N) is 3. The maximum absolute atomic E-state index is 11.8. The minimum atomic E-state index is -0.207. The second-order valence-electron chi connectivity index (χ2n) is 3.20. The number of anilines is 1. The lowest BCUT2D eigenvalue weighted by Gasteiger charge is -2.01. The second kappa shape index (κ2) is 4.44. The third kappa shape index (κ3) is 2.46.